The van der Waals surface area contributed by atoms with Gasteiger partial charge in [-0.2, -0.15) is 0 Å². The molecule has 1 N–H and O–H groups in total. The second kappa shape index (κ2) is 6.69. The highest BCUT2D eigenvalue weighted by molar-refractivity contribution is 6.09. The van der Waals surface area contributed by atoms with Crippen molar-refractivity contribution in [1.82, 2.24) is 5.32 Å². The number of benzene rings is 1. The minimum Gasteiger partial charge on any atom is -0.467 e. The van der Waals surface area contributed by atoms with Gasteiger partial charge in [-0.05, 0) is 42.7 Å². The second-order valence-electron chi connectivity index (χ2n) is 5.65. The highest BCUT2D eigenvalue weighted by Gasteiger charge is 2.37. The molecule has 1 aromatic heterocycles. The number of carbonyl (C=O) groups excluding carboxylic acids is 2. The van der Waals surface area contributed by atoms with Crippen molar-refractivity contribution in [3.8, 4) is 0 Å². The summed E-state index contributed by atoms with van der Waals surface area (Å²) in [5.41, 5.74) is 2.08. The summed E-state index contributed by atoms with van der Waals surface area (Å²) in [7, 11) is 0. The van der Waals surface area contributed by atoms with Gasteiger partial charge in [-0.3, -0.25) is 9.59 Å². The normalized spacial score (nSPS) is 17.5. The number of nitrogens with zero attached hydrogens (tertiary/aromatic N) is 1. The van der Waals surface area contributed by atoms with E-state index in [2.05, 4.69) is 12.2 Å². The van der Waals surface area contributed by atoms with E-state index in [1.165, 1.54) is 5.56 Å². The predicted octanol–water partition coefficient (Wildman–Crippen LogP) is 2.51. The Morgan fingerprint density at radius 3 is 2.74 bits per heavy atom. The number of furan rings is 1. The van der Waals surface area contributed by atoms with Crippen LogP contribution in [-0.2, 0) is 22.6 Å². The summed E-state index contributed by atoms with van der Waals surface area (Å²) in [6.45, 7) is 2.97. The van der Waals surface area contributed by atoms with Crippen molar-refractivity contribution in [2.45, 2.75) is 26.3 Å². The Morgan fingerprint density at radius 2 is 2.09 bits per heavy atom. The van der Waals surface area contributed by atoms with Crippen LogP contribution in [0.1, 0.15) is 24.7 Å². The van der Waals surface area contributed by atoms with Crippen molar-refractivity contribution in [2.24, 2.45) is 5.92 Å². The number of rotatable bonds is 5. The predicted molar refractivity (Wildman–Crippen MR) is 86.8 cm³/mol. The average molecular weight is 312 g/mol. The Morgan fingerprint density at radius 1 is 1.30 bits per heavy atom. The van der Waals surface area contributed by atoms with Gasteiger partial charge in [0.1, 0.15) is 11.7 Å². The molecule has 0 saturated carbocycles. The van der Waals surface area contributed by atoms with Crippen molar-refractivity contribution >= 4 is 17.5 Å². The van der Waals surface area contributed by atoms with Gasteiger partial charge in [0, 0.05) is 12.2 Å². The number of hydrogen-bond acceptors (Lipinski definition) is 3. The van der Waals surface area contributed by atoms with Crippen LogP contribution < -0.4 is 10.2 Å². The Bertz CT molecular complexity index is 677. The van der Waals surface area contributed by atoms with Crippen molar-refractivity contribution in [3.05, 3.63) is 54.0 Å². The van der Waals surface area contributed by atoms with Gasteiger partial charge in [-0.15, -0.1) is 0 Å². The molecule has 0 unspecified atom stereocenters. The maximum Gasteiger partial charge on any atom is 0.239 e. The molecule has 1 aliphatic rings. The summed E-state index contributed by atoms with van der Waals surface area (Å²) in [5, 5.41) is 2.77. The van der Waals surface area contributed by atoms with E-state index in [4.69, 9.17) is 4.42 Å². The van der Waals surface area contributed by atoms with Gasteiger partial charge in [0.2, 0.25) is 11.8 Å². The maximum atomic E-state index is 12.5. The molecule has 0 spiro atoms. The molecular weight excluding hydrogens is 292 g/mol. The minimum atomic E-state index is -0.615. The summed E-state index contributed by atoms with van der Waals surface area (Å²) in [6.07, 6.45) is 3.06. The van der Waals surface area contributed by atoms with Gasteiger partial charge in [0.15, 0.2) is 0 Å². The number of nitrogens with one attached hydrogen (secondary N) is 1. The fourth-order valence-corrected chi connectivity index (χ4v) is 2.80. The highest BCUT2D eigenvalue weighted by atomic mass is 16.3. The van der Waals surface area contributed by atoms with Gasteiger partial charge in [-0.1, -0.05) is 19.1 Å². The van der Waals surface area contributed by atoms with Crippen LogP contribution in [0.2, 0.25) is 0 Å². The van der Waals surface area contributed by atoms with Gasteiger partial charge in [0.25, 0.3) is 0 Å². The van der Waals surface area contributed by atoms with Crippen LogP contribution in [0.25, 0.3) is 0 Å². The first-order valence-corrected chi connectivity index (χ1v) is 7.89. The molecule has 0 aliphatic carbocycles. The molecule has 1 saturated heterocycles. The molecule has 23 heavy (non-hydrogen) atoms. The van der Waals surface area contributed by atoms with Crippen molar-refractivity contribution in [3.63, 3.8) is 0 Å². The zero-order valence-corrected chi connectivity index (χ0v) is 13.1. The first kappa shape index (κ1) is 15.3. The van der Waals surface area contributed by atoms with Crippen LogP contribution in [0.15, 0.2) is 47.1 Å². The van der Waals surface area contributed by atoms with E-state index in [1.807, 2.05) is 24.3 Å². The summed E-state index contributed by atoms with van der Waals surface area (Å²) < 4.78 is 5.18. The molecule has 120 valence electrons. The van der Waals surface area contributed by atoms with E-state index in [-0.39, 0.29) is 11.8 Å². The fourth-order valence-electron chi connectivity index (χ4n) is 2.80. The van der Waals surface area contributed by atoms with E-state index in [1.54, 1.807) is 23.3 Å². The maximum absolute atomic E-state index is 12.5. The quantitative estimate of drug-likeness (QED) is 0.863. The summed E-state index contributed by atoms with van der Waals surface area (Å²) in [6, 6.07) is 11.5. The standard InChI is InChI=1S/C18H20N2O3/c1-2-13-5-7-14(8-6-13)20-10-9-16(18(20)22)17(21)19-12-15-4-3-11-23-15/h3-8,11,16H,2,9-10,12H2,1H3,(H,19,21)/t16-/m1/s1. The summed E-state index contributed by atoms with van der Waals surface area (Å²) in [4.78, 5) is 26.4. The van der Waals surface area contributed by atoms with Gasteiger partial charge < -0.3 is 14.6 Å². The number of carbonyl (C=O) groups is 2. The smallest absolute Gasteiger partial charge is 0.239 e. The van der Waals surface area contributed by atoms with Crippen LogP contribution in [0.4, 0.5) is 5.69 Å². The molecule has 0 bridgehead atoms. The zero-order valence-electron chi connectivity index (χ0n) is 13.1. The first-order valence-electron chi connectivity index (χ1n) is 7.89. The molecule has 5 nitrogen and oxygen atoms in total. The molecule has 5 heteroatoms. The van der Waals surface area contributed by atoms with E-state index in [9.17, 15) is 9.59 Å². The minimum absolute atomic E-state index is 0.133. The first-order chi connectivity index (χ1) is 11.2. The number of anilines is 1. The fraction of sp³-hybridized carbons (Fsp3) is 0.333. The Hall–Kier alpha value is -2.56. The van der Waals surface area contributed by atoms with E-state index in [0.29, 0.717) is 25.3 Å². The lowest BCUT2D eigenvalue weighted by Crippen LogP contribution is -2.36. The topological polar surface area (TPSA) is 62.6 Å². The molecule has 2 aromatic rings. The molecule has 1 aromatic carbocycles. The van der Waals surface area contributed by atoms with Crippen LogP contribution in [-0.4, -0.2) is 18.4 Å². The van der Waals surface area contributed by atoms with Gasteiger partial charge in [0.05, 0.1) is 12.8 Å². The SMILES string of the molecule is CCc1ccc(N2CC[C@H](C(=O)NCc3ccco3)C2=O)cc1. The molecule has 0 radical (unpaired) electrons. The van der Waals surface area contributed by atoms with Crippen LogP contribution >= 0.6 is 0 Å². The van der Waals surface area contributed by atoms with E-state index < -0.39 is 5.92 Å². The Labute approximate surface area is 135 Å². The van der Waals surface area contributed by atoms with Crippen molar-refractivity contribution < 1.29 is 14.0 Å². The third kappa shape index (κ3) is 3.28. The summed E-state index contributed by atoms with van der Waals surface area (Å²) in [5.74, 6) is -0.308. The monoisotopic (exact) mass is 312 g/mol. The molecular formula is C18H20N2O3. The second-order valence-corrected chi connectivity index (χ2v) is 5.65. The van der Waals surface area contributed by atoms with E-state index in [0.717, 1.165) is 12.1 Å². The lowest BCUT2D eigenvalue weighted by molar-refractivity contribution is -0.132. The molecule has 2 amide bonds. The lowest BCUT2D eigenvalue weighted by Gasteiger charge is -2.17. The van der Waals surface area contributed by atoms with E-state index >= 15 is 0 Å². The average Bonchev–Trinajstić information content (AvgIpc) is 3.22. The van der Waals surface area contributed by atoms with Crippen LogP contribution in [0.5, 0.6) is 0 Å². The van der Waals surface area contributed by atoms with Crippen molar-refractivity contribution in [2.75, 3.05) is 11.4 Å². The summed E-state index contributed by atoms with van der Waals surface area (Å²) >= 11 is 0. The Kier molecular flexibility index (Phi) is 4.46. The van der Waals surface area contributed by atoms with Gasteiger partial charge in [-0.25, -0.2) is 0 Å². The molecule has 1 aliphatic heterocycles. The zero-order chi connectivity index (χ0) is 16.2. The lowest BCUT2D eigenvalue weighted by atomic mass is 10.1. The third-order valence-electron chi connectivity index (χ3n) is 4.20. The largest absolute Gasteiger partial charge is 0.467 e. The molecule has 1 fully saturated rings. The molecule has 2 heterocycles. The number of aryl methyl sites for hydroxylation is 1. The van der Waals surface area contributed by atoms with Crippen molar-refractivity contribution in [1.29, 1.82) is 0 Å². The van der Waals surface area contributed by atoms with Gasteiger partial charge >= 0.3 is 0 Å². The number of amides is 2. The molecule has 3 rings (SSSR count). The van der Waals surface area contributed by atoms with Crippen LogP contribution in [0, 0.1) is 5.92 Å². The Balaban J connectivity index is 1.62. The molecule has 1 atom stereocenters. The third-order valence-corrected chi connectivity index (χ3v) is 4.20. The number of hydrogen-bond donors (Lipinski definition) is 1. The highest BCUT2D eigenvalue weighted by Crippen LogP contribution is 2.25. The van der Waals surface area contributed by atoms with Crippen LogP contribution in [0.3, 0.4) is 0 Å².